The van der Waals surface area contributed by atoms with E-state index in [1.165, 1.54) is 17.0 Å². The van der Waals surface area contributed by atoms with Crippen molar-refractivity contribution in [3.63, 3.8) is 0 Å². The normalized spacial score (nSPS) is 12.6. The van der Waals surface area contributed by atoms with Crippen molar-refractivity contribution in [2.45, 2.75) is 84.4 Å². The van der Waals surface area contributed by atoms with E-state index in [9.17, 15) is 19.5 Å². The molecule has 3 aromatic carbocycles. The molecular formula is C35H45N3O5. The van der Waals surface area contributed by atoms with Crippen molar-refractivity contribution in [1.82, 2.24) is 10.2 Å². The van der Waals surface area contributed by atoms with Gasteiger partial charge in [0.05, 0.1) is 0 Å². The van der Waals surface area contributed by atoms with Crippen LogP contribution in [0.5, 0.6) is 5.75 Å². The van der Waals surface area contributed by atoms with Crippen LogP contribution in [-0.2, 0) is 20.7 Å². The molecule has 2 unspecified atom stereocenters. The number of para-hydroxylation sites is 1. The van der Waals surface area contributed by atoms with E-state index in [2.05, 4.69) is 17.6 Å². The fourth-order valence-corrected chi connectivity index (χ4v) is 4.86. The quantitative estimate of drug-likeness (QED) is 0.188. The number of benzene rings is 3. The minimum Gasteiger partial charge on any atom is -0.508 e. The summed E-state index contributed by atoms with van der Waals surface area (Å²) >= 11 is 0. The number of aryl methyl sites for hydroxylation is 1. The molecule has 8 heteroatoms. The van der Waals surface area contributed by atoms with E-state index in [0.717, 1.165) is 30.4 Å². The molecule has 0 bridgehead atoms. The summed E-state index contributed by atoms with van der Waals surface area (Å²) in [4.78, 5) is 43.1. The summed E-state index contributed by atoms with van der Waals surface area (Å²) in [6, 6.07) is 21.2. The van der Waals surface area contributed by atoms with Crippen molar-refractivity contribution >= 4 is 23.6 Å². The molecule has 0 heterocycles. The lowest BCUT2D eigenvalue weighted by molar-refractivity contribution is -0.140. The zero-order chi connectivity index (χ0) is 31.4. The van der Waals surface area contributed by atoms with Crippen LogP contribution in [0.25, 0.3) is 0 Å². The maximum Gasteiger partial charge on any atom is 0.408 e. The molecule has 0 saturated carbocycles. The van der Waals surface area contributed by atoms with Crippen LogP contribution in [0.4, 0.5) is 10.5 Å². The van der Waals surface area contributed by atoms with E-state index in [1.807, 2.05) is 61.5 Å². The molecule has 2 atom stereocenters. The van der Waals surface area contributed by atoms with E-state index in [4.69, 9.17) is 4.74 Å². The second kappa shape index (κ2) is 15.8. The van der Waals surface area contributed by atoms with Crippen LogP contribution < -0.4 is 10.6 Å². The third-order valence-electron chi connectivity index (χ3n) is 6.96. The Morgan fingerprint density at radius 3 is 2.26 bits per heavy atom. The number of phenolic OH excluding ortho intramolecular Hbond substituents is 1. The lowest BCUT2D eigenvalue weighted by Gasteiger charge is -2.35. The summed E-state index contributed by atoms with van der Waals surface area (Å²) < 4.78 is 5.52. The zero-order valence-electron chi connectivity index (χ0n) is 25.9. The lowest BCUT2D eigenvalue weighted by Crippen LogP contribution is -2.53. The number of nitrogens with one attached hydrogen (secondary N) is 2. The van der Waals surface area contributed by atoms with Gasteiger partial charge in [-0.25, -0.2) is 4.79 Å². The van der Waals surface area contributed by atoms with E-state index in [1.54, 1.807) is 32.9 Å². The Bertz CT molecular complexity index is 1350. The van der Waals surface area contributed by atoms with Crippen LogP contribution >= 0.6 is 0 Å². The van der Waals surface area contributed by atoms with Crippen LogP contribution in [0, 0.1) is 6.92 Å². The molecule has 3 rings (SSSR count). The van der Waals surface area contributed by atoms with Gasteiger partial charge in [0.1, 0.15) is 23.4 Å². The number of carbonyl (C=O) groups is 3. The fraction of sp³-hybridized carbons (Fsp3) is 0.400. The van der Waals surface area contributed by atoms with Gasteiger partial charge in [-0.2, -0.15) is 0 Å². The van der Waals surface area contributed by atoms with E-state index in [0.29, 0.717) is 17.7 Å². The molecule has 3 N–H and O–H groups in total. The number of rotatable bonds is 13. The van der Waals surface area contributed by atoms with Crippen molar-refractivity contribution in [3.05, 3.63) is 95.6 Å². The van der Waals surface area contributed by atoms with E-state index < -0.39 is 35.6 Å². The Kier molecular flexibility index (Phi) is 12.2. The SMILES string of the molecule is CCCCCCN(C(=O)C(Cc1ccccc1)NC(=O)OC(C)(C)C)C(C(=O)Nc1ccccc1C)c1cccc(O)c1. The average molecular weight is 588 g/mol. The van der Waals surface area contributed by atoms with Crippen LogP contribution in [0.3, 0.4) is 0 Å². The van der Waals surface area contributed by atoms with Crippen molar-refractivity contribution in [2.24, 2.45) is 0 Å². The number of ether oxygens (including phenoxy) is 1. The number of hydrogen-bond acceptors (Lipinski definition) is 5. The van der Waals surface area contributed by atoms with Gasteiger partial charge < -0.3 is 25.4 Å². The molecule has 0 aliphatic heterocycles. The largest absolute Gasteiger partial charge is 0.508 e. The number of anilines is 1. The highest BCUT2D eigenvalue weighted by Gasteiger charge is 2.36. The van der Waals surface area contributed by atoms with Gasteiger partial charge in [-0.05, 0) is 69.0 Å². The predicted molar refractivity (Wildman–Crippen MR) is 170 cm³/mol. The first-order valence-electron chi connectivity index (χ1n) is 15.0. The molecule has 0 aliphatic carbocycles. The van der Waals surface area contributed by atoms with Gasteiger partial charge in [0.2, 0.25) is 5.91 Å². The summed E-state index contributed by atoms with van der Waals surface area (Å²) in [7, 11) is 0. The Balaban J connectivity index is 2.07. The van der Waals surface area contributed by atoms with Gasteiger partial charge in [0.15, 0.2) is 0 Å². The number of alkyl carbamates (subject to hydrolysis) is 1. The molecule has 0 fully saturated rings. The maximum absolute atomic E-state index is 14.5. The highest BCUT2D eigenvalue weighted by molar-refractivity contribution is 5.99. The average Bonchev–Trinajstić information content (AvgIpc) is 2.94. The topological polar surface area (TPSA) is 108 Å². The first-order chi connectivity index (χ1) is 20.5. The second-order valence-electron chi connectivity index (χ2n) is 11.8. The number of amides is 3. The van der Waals surface area contributed by atoms with Crippen molar-refractivity contribution in [2.75, 3.05) is 11.9 Å². The molecule has 0 saturated heterocycles. The smallest absolute Gasteiger partial charge is 0.408 e. The Hall–Kier alpha value is -4.33. The van der Waals surface area contributed by atoms with Gasteiger partial charge in [-0.3, -0.25) is 9.59 Å². The van der Waals surface area contributed by atoms with E-state index in [-0.39, 0.29) is 18.7 Å². The van der Waals surface area contributed by atoms with Gasteiger partial charge in [0.25, 0.3) is 5.91 Å². The Morgan fingerprint density at radius 1 is 0.907 bits per heavy atom. The standard InChI is InChI=1S/C35H45N3O5/c1-6-7-8-14-22-38(33(41)30(23-26-17-10-9-11-18-26)37-34(42)43-35(3,4)5)31(27-19-15-20-28(39)24-27)32(40)36-29-21-13-12-16-25(29)2/h9-13,15-21,24,30-31,39H,6-8,14,22-23H2,1-5H3,(H,36,40)(H,37,42). The molecule has 8 nitrogen and oxygen atoms in total. The third-order valence-corrected chi connectivity index (χ3v) is 6.96. The van der Waals surface area contributed by atoms with Crippen molar-refractivity contribution in [3.8, 4) is 5.75 Å². The number of phenols is 1. The van der Waals surface area contributed by atoms with Crippen LogP contribution in [0.15, 0.2) is 78.9 Å². The number of aromatic hydroxyl groups is 1. The summed E-state index contributed by atoms with van der Waals surface area (Å²) in [5.74, 6) is -0.851. The van der Waals surface area contributed by atoms with Gasteiger partial charge in [0, 0.05) is 18.7 Å². The first-order valence-corrected chi connectivity index (χ1v) is 15.0. The zero-order valence-corrected chi connectivity index (χ0v) is 25.9. The number of nitrogens with zero attached hydrogens (tertiary/aromatic N) is 1. The van der Waals surface area contributed by atoms with E-state index >= 15 is 0 Å². The molecule has 0 aliphatic rings. The van der Waals surface area contributed by atoms with Gasteiger partial charge in [-0.1, -0.05) is 86.8 Å². The van der Waals surface area contributed by atoms with Crippen LogP contribution in [-0.4, -0.2) is 46.1 Å². The Labute approximate surface area is 255 Å². The van der Waals surface area contributed by atoms with Crippen LogP contribution in [0.2, 0.25) is 0 Å². The molecule has 0 spiro atoms. The second-order valence-corrected chi connectivity index (χ2v) is 11.8. The molecule has 230 valence electrons. The minimum absolute atomic E-state index is 0.0164. The lowest BCUT2D eigenvalue weighted by atomic mass is 9.99. The molecule has 0 radical (unpaired) electrons. The highest BCUT2D eigenvalue weighted by Crippen LogP contribution is 2.28. The summed E-state index contributed by atoms with van der Waals surface area (Å²) in [5.41, 5.74) is 2.05. The van der Waals surface area contributed by atoms with Gasteiger partial charge >= 0.3 is 6.09 Å². The highest BCUT2D eigenvalue weighted by atomic mass is 16.6. The molecular weight excluding hydrogens is 542 g/mol. The summed E-state index contributed by atoms with van der Waals surface area (Å²) in [6.45, 7) is 9.56. The number of carbonyl (C=O) groups excluding carboxylic acids is 3. The monoisotopic (exact) mass is 587 g/mol. The Morgan fingerprint density at radius 2 is 1.60 bits per heavy atom. The molecule has 3 amide bonds. The summed E-state index contributed by atoms with van der Waals surface area (Å²) in [6.07, 6.45) is 3.01. The predicted octanol–water partition coefficient (Wildman–Crippen LogP) is 6.93. The van der Waals surface area contributed by atoms with Crippen LogP contribution in [0.1, 0.15) is 76.1 Å². The number of unbranched alkanes of at least 4 members (excludes halogenated alkanes) is 3. The first kappa shape index (κ1) is 33.2. The summed E-state index contributed by atoms with van der Waals surface area (Å²) in [5, 5.41) is 16.2. The number of hydrogen-bond donors (Lipinski definition) is 3. The minimum atomic E-state index is -1.07. The van der Waals surface area contributed by atoms with Gasteiger partial charge in [-0.15, -0.1) is 0 Å². The molecule has 3 aromatic rings. The molecule has 0 aromatic heterocycles. The maximum atomic E-state index is 14.5. The van der Waals surface area contributed by atoms with Crippen molar-refractivity contribution in [1.29, 1.82) is 0 Å². The third kappa shape index (κ3) is 10.5. The fourth-order valence-electron chi connectivity index (χ4n) is 4.86. The molecule has 43 heavy (non-hydrogen) atoms. The van der Waals surface area contributed by atoms with Crippen molar-refractivity contribution < 1.29 is 24.2 Å².